The molecular formula is C17H16F3N5OS. The molecule has 3 aromatic rings. The Morgan fingerprint density at radius 3 is 2.67 bits per heavy atom. The van der Waals surface area contributed by atoms with E-state index in [0.717, 1.165) is 12.1 Å². The van der Waals surface area contributed by atoms with Crippen molar-refractivity contribution in [2.75, 3.05) is 11.6 Å². The number of aryl methyl sites for hydroxylation is 2. The highest BCUT2D eigenvalue weighted by Gasteiger charge is 2.30. The zero-order chi connectivity index (χ0) is 19.8. The van der Waals surface area contributed by atoms with Crippen LogP contribution >= 0.6 is 11.8 Å². The predicted molar refractivity (Wildman–Crippen MR) is 95.8 cm³/mol. The number of amides is 1. The van der Waals surface area contributed by atoms with Gasteiger partial charge in [-0.3, -0.25) is 4.79 Å². The SMILES string of the molecule is CSc1nc2nc(C)c(CC(=O)Nc3cccc(C(F)(F)F)c3)c(C)n2n1. The molecule has 3 rings (SSSR count). The second-order valence-electron chi connectivity index (χ2n) is 5.87. The first-order valence-corrected chi connectivity index (χ1v) is 9.15. The molecule has 2 heterocycles. The van der Waals surface area contributed by atoms with Gasteiger partial charge in [0.1, 0.15) is 0 Å². The number of carbonyl (C=O) groups is 1. The highest BCUT2D eigenvalue weighted by molar-refractivity contribution is 7.98. The molecule has 0 aliphatic carbocycles. The van der Waals surface area contributed by atoms with Crippen LogP contribution in [0.15, 0.2) is 29.4 Å². The summed E-state index contributed by atoms with van der Waals surface area (Å²) in [5, 5.41) is 7.38. The monoisotopic (exact) mass is 395 g/mol. The van der Waals surface area contributed by atoms with Gasteiger partial charge in [-0.15, -0.1) is 5.10 Å². The maximum absolute atomic E-state index is 12.8. The fourth-order valence-electron chi connectivity index (χ4n) is 2.67. The van der Waals surface area contributed by atoms with Gasteiger partial charge in [-0.25, -0.2) is 9.50 Å². The van der Waals surface area contributed by atoms with Gasteiger partial charge in [0.25, 0.3) is 5.78 Å². The van der Waals surface area contributed by atoms with Crippen molar-refractivity contribution in [1.82, 2.24) is 19.6 Å². The summed E-state index contributed by atoms with van der Waals surface area (Å²) in [6.45, 7) is 3.56. The summed E-state index contributed by atoms with van der Waals surface area (Å²) in [5.74, 6) is 0.00302. The Morgan fingerprint density at radius 2 is 2.00 bits per heavy atom. The molecule has 1 aromatic carbocycles. The average Bonchev–Trinajstić information content (AvgIpc) is 3.01. The second-order valence-corrected chi connectivity index (χ2v) is 6.65. The lowest BCUT2D eigenvalue weighted by atomic mass is 10.1. The summed E-state index contributed by atoms with van der Waals surface area (Å²) in [6, 6.07) is 4.52. The van der Waals surface area contributed by atoms with E-state index in [4.69, 9.17) is 0 Å². The lowest BCUT2D eigenvalue weighted by Crippen LogP contribution is -2.18. The highest BCUT2D eigenvalue weighted by atomic mass is 32.2. The van der Waals surface area contributed by atoms with E-state index in [1.165, 1.54) is 23.9 Å². The third-order valence-corrected chi connectivity index (χ3v) is 4.56. The number of anilines is 1. The van der Waals surface area contributed by atoms with E-state index in [0.29, 0.717) is 27.9 Å². The van der Waals surface area contributed by atoms with Gasteiger partial charge >= 0.3 is 6.18 Å². The standard InChI is InChI=1S/C17H16F3N5OS/c1-9-13(10(2)25-15(21-9)23-16(24-25)27-3)8-14(26)22-12-6-4-5-11(7-12)17(18,19)20/h4-7H,8H2,1-3H3,(H,22,26). The number of rotatable bonds is 4. The van der Waals surface area contributed by atoms with Gasteiger partial charge in [-0.2, -0.15) is 18.2 Å². The van der Waals surface area contributed by atoms with Crippen LogP contribution in [0.3, 0.4) is 0 Å². The number of hydrogen-bond donors (Lipinski definition) is 1. The molecule has 0 saturated heterocycles. The van der Waals surface area contributed by atoms with Gasteiger partial charge in [0.2, 0.25) is 11.1 Å². The first-order valence-electron chi connectivity index (χ1n) is 7.93. The number of thioether (sulfide) groups is 1. The Kier molecular flexibility index (Phi) is 5.09. The lowest BCUT2D eigenvalue weighted by Gasteiger charge is -2.12. The van der Waals surface area contributed by atoms with Crippen LogP contribution in [0.25, 0.3) is 5.78 Å². The fraction of sp³-hybridized carbons (Fsp3) is 0.294. The van der Waals surface area contributed by atoms with E-state index in [2.05, 4.69) is 20.4 Å². The molecule has 0 bridgehead atoms. The van der Waals surface area contributed by atoms with Crippen molar-refractivity contribution >= 4 is 29.1 Å². The first kappa shape index (κ1) is 19.2. The van der Waals surface area contributed by atoms with Crippen molar-refractivity contribution in [1.29, 1.82) is 0 Å². The normalized spacial score (nSPS) is 11.8. The quantitative estimate of drug-likeness (QED) is 0.683. The molecule has 0 spiro atoms. The summed E-state index contributed by atoms with van der Waals surface area (Å²) in [7, 11) is 0. The summed E-state index contributed by atoms with van der Waals surface area (Å²) >= 11 is 1.38. The molecule has 1 amide bonds. The van der Waals surface area contributed by atoms with Crippen molar-refractivity contribution in [3.63, 3.8) is 0 Å². The molecule has 10 heteroatoms. The van der Waals surface area contributed by atoms with E-state index in [-0.39, 0.29) is 12.1 Å². The Labute approximate surface area is 157 Å². The van der Waals surface area contributed by atoms with Crippen LogP contribution in [0.4, 0.5) is 18.9 Å². The van der Waals surface area contributed by atoms with Crippen molar-refractivity contribution in [2.24, 2.45) is 0 Å². The molecular weight excluding hydrogens is 379 g/mol. The number of carbonyl (C=O) groups excluding carboxylic acids is 1. The van der Waals surface area contributed by atoms with E-state index >= 15 is 0 Å². The van der Waals surface area contributed by atoms with Crippen molar-refractivity contribution in [3.05, 3.63) is 46.8 Å². The number of fused-ring (bicyclic) bond motifs is 1. The fourth-order valence-corrected chi connectivity index (χ4v) is 3.01. The van der Waals surface area contributed by atoms with Crippen LogP contribution in [0.2, 0.25) is 0 Å². The molecule has 0 aliphatic heterocycles. The molecule has 6 nitrogen and oxygen atoms in total. The topological polar surface area (TPSA) is 72.2 Å². The van der Waals surface area contributed by atoms with Crippen LogP contribution < -0.4 is 5.32 Å². The minimum absolute atomic E-state index is 0.0364. The van der Waals surface area contributed by atoms with Gasteiger partial charge in [0.15, 0.2) is 0 Å². The van der Waals surface area contributed by atoms with Gasteiger partial charge < -0.3 is 5.32 Å². The molecule has 0 radical (unpaired) electrons. The Bertz CT molecular complexity index is 1020. The van der Waals surface area contributed by atoms with Gasteiger partial charge in [-0.1, -0.05) is 17.8 Å². The zero-order valence-electron chi connectivity index (χ0n) is 14.8. The summed E-state index contributed by atoms with van der Waals surface area (Å²) in [5.41, 5.74) is 1.26. The molecule has 1 N–H and O–H groups in total. The third kappa shape index (κ3) is 4.05. The number of benzene rings is 1. The Hall–Kier alpha value is -2.62. The van der Waals surface area contributed by atoms with Gasteiger partial charge in [0, 0.05) is 22.6 Å². The maximum Gasteiger partial charge on any atom is 0.416 e. The molecule has 0 atom stereocenters. The molecule has 0 aliphatic rings. The maximum atomic E-state index is 12.8. The number of alkyl halides is 3. The highest BCUT2D eigenvalue weighted by Crippen LogP contribution is 2.30. The number of hydrogen-bond acceptors (Lipinski definition) is 5. The number of aromatic nitrogens is 4. The second kappa shape index (κ2) is 7.18. The van der Waals surface area contributed by atoms with Crippen LogP contribution in [0.1, 0.15) is 22.5 Å². The van der Waals surface area contributed by atoms with Crippen molar-refractivity contribution in [3.8, 4) is 0 Å². The van der Waals surface area contributed by atoms with Crippen LogP contribution in [-0.4, -0.2) is 31.7 Å². The lowest BCUT2D eigenvalue weighted by molar-refractivity contribution is -0.137. The Balaban J connectivity index is 1.84. The van der Waals surface area contributed by atoms with Crippen LogP contribution in [0, 0.1) is 13.8 Å². The van der Waals surface area contributed by atoms with Crippen LogP contribution in [-0.2, 0) is 17.4 Å². The van der Waals surface area contributed by atoms with E-state index in [1.807, 2.05) is 6.26 Å². The average molecular weight is 395 g/mol. The largest absolute Gasteiger partial charge is 0.416 e. The molecule has 27 heavy (non-hydrogen) atoms. The van der Waals surface area contributed by atoms with Crippen molar-refractivity contribution in [2.45, 2.75) is 31.6 Å². The van der Waals surface area contributed by atoms with Gasteiger partial charge in [0.05, 0.1) is 12.0 Å². The summed E-state index contributed by atoms with van der Waals surface area (Å²) in [6.07, 6.45) is -2.66. The molecule has 0 saturated carbocycles. The minimum Gasteiger partial charge on any atom is -0.326 e. The zero-order valence-corrected chi connectivity index (χ0v) is 15.6. The first-order chi connectivity index (χ1) is 12.7. The van der Waals surface area contributed by atoms with E-state index < -0.39 is 17.6 Å². The van der Waals surface area contributed by atoms with Crippen LogP contribution in [0.5, 0.6) is 0 Å². The summed E-state index contributed by atoms with van der Waals surface area (Å²) < 4.78 is 40.0. The minimum atomic E-state index is -4.47. The predicted octanol–water partition coefficient (Wildman–Crippen LogP) is 3.66. The smallest absolute Gasteiger partial charge is 0.326 e. The number of halogens is 3. The van der Waals surface area contributed by atoms with E-state index in [9.17, 15) is 18.0 Å². The Morgan fingerprint density at radius 1 is 1.26 bits per heavy atom. The van der Waals surface area contributed by atoms with Crippen molar-refractivity contribution < 1.29 is 18.0 Å². The molecule has 142 valence electrons. The number of nitrogens with one attached hydrogen (secondary N) is 1. The summed E-state index contributed by atoms with van der Waals surface area (Å²) in [4.78, 5) is 21.0. The van der Waals surface area contributed by atoms with E-state index in [1.54, 1.807) is 18.4 Å². The number of nitrogens with zero attached hydrogens (tertiary/aromatic N) is 4. The van der Waals surface area contributed by atoms with Gasteiger partial charge in [-0.05, 0) is 38.3 Å². The molecule has 0 unspecified atom stereocenters. The molecule has 2 aromatic heterocycles. The third-order valence-electron chi connectivity index (χ3n) is 4.02. The molecule has 0 fully saturated rings.